The van der Waals surface area contributed by atoms with E-state index >= 15 is 0 Å². The summed E-state index contributed by atoms with van der Waals surface area (Å²) in [6, 6.07) is 16.5. The normalized spacial score (nSPS) is 19.3. The first-order valence-electron chi connectivity index (χ1n) is 24.2. The van der Waals surface area contributed by atoms with Crippen molar-refractivity contribution in [1.82, 2.24) is 35.7 Å². The number of benzene rings is 2. The SMILES string of the molecule is C=C(N[C@@H](C)C(C)(C)[C@H](C)Oc1ccc(C#N)c(Cl)c1)c1ccc(N2CCN(CCOCC(=O)N[C@H](C(=O)N3C[C@H](O)CC3C(=O)N[C@@H](C)c3ccc(-c4scnc4C)cc3)C(C)(C)C)[C@H](CO)C2)nc1. The van der Waals surface area contributed by atoms with E-state index in [-0.39, 0.29) is 68.3 Å². The Morgan fingerprint density at radius 2 is 1.73 bits per heavy atom. The van der Waals surface area contributed by atoms with E-state index in [9.17, 15) is 29.9 Å². The molecule has 2 aliphatic rings. The minimum Gasteiger partial charge on any atom is -0.490 e. The number of hydrogen-bond acceptors (Lipinski definition) is 14. The van der Waals surface area contributed by atoms with Crippen LogP contribution in [0.3, 0.4) is 0 Å². The third-order valence-corrected chi connectivity index (χ3v) is 15.3. The Morgan fingerprint density at radius 1 is 1.00 bits per heavy atom. The molecular formula is C53H70ClN9O7S. The highest BCUT2D eigenvalue weighted by Crippen LogP contribution is 2.33. The first-order chi connectivity index (χ1) is 33.6. The Labute approximate surface area is 427 Å². The number of rotatable bonds is 20. The Bertz CT molecular complexity index is 2530. The van der Waals surface area contributed by atoms with Crippen LogP contribution in [0.5, 0.6) is 5.75 Å². The summed E-state index contributed by atoms with van der Waals surface area (Å²) in [6.45, 7) is 24.1. The van der Waals surface area contributed by atoms with Crippen molar-refractivity contribution >= 4 is 52.2 Å². The summed E-state index contributed by atoms with van der Waals surface area (Å²) in [4.78, 5) is 57.0. The smallest absolute Gasteiger partial charge is 0.246 e. The van der Waals surface area contributed by atoms with Crippen LogP contribution in [0.2, 0.25) is 5.02 Å². The maximum atomic E-state index is 14.2. The van der Waals surface area contributed by atoms with Gasteiger partial charge in [-0.05, 0) is 68.5 Å². The van der Waals surface area contributed by atoms with Crippen molar-refractivity contribution in [2.24, 2.45) is 10.8 Å². The molecule has 4 aromatic rings. The molecule has 6 rings (SSSR count). The number of hydrogen-bond donors (Lipinski definition) is 5. The molecule has 0 spiro atoms. The highest BCUT2D eigenvalue weighted by Gasteiger charge is 2.45. The molecule has 7 atom stereocenters. The number of carbonyl (C=O) groups is 3. The maximum Gasteiger partial charge on any atom is 0.246 e. The predicted molar refractivity (Wildman–Crippen MR) is 278 cm³/mol. The van der Waals surface area contributed by atoms with Gasteiger partial charge in [0.25, 0.3) is 0 Å². The topological polar surface area (TPSA) is 206 Å². The van der Waals surface area contributed by atoms with Crippen molar-refractivity contribution in [1.29, 1.82) is 5.26 Å². The number of piperazine rings is 1. The number of nitriles is 1. The van der Waals surface area contributed by atoms with Crippen molar-refractivity contribution < 1.29 is 34.1 Å². The Kier molecular flexibility index (Phi) is 18.3. The number of carbonyl (C=O) groups excluding carboxylic acids is 3. The van der Waals surface area contributed by atoms with E-state index < -0.39 is 35.4 Å². The molecule has 18 heteroatoms. The van der Waals surface area contributed by atoms with Crippen molar-refractivity contribution in [2.45, 2.75) is 111 Å². The first-order valence-corrected chi connectivity index (χ1v) is 25.4. The number of β-amino-alcohol motifs (C(OH)–C–C–N with tert-alkyl or cyclic N) is 1. The molecule has 16 nitrogen and oxygen atoms in total. The molecule has 5 N–H and O–H groups in total. The fourth-order valence-corrected chi connectivity index (χ4v) is 9.81. The van der Waals surface area contributed by atoms with Crippen LogP contribution in [0.4, 0.5) is 5.82 Å². The van der Waals surface area contributed by atoms with Crippen LogP contribution in [0.15, 0.2) is 72.9 Å². The number of halogens is 1. The number of pyridine rings is 1. The Morgan fingerprint density at radius 3 is 2.35 bits per heavy atom. The summed E-state index contributed by atoms with van der Waals surface area (Å²) in [6.07, 6.45) is 0.764. The number of nitrogens with one attached hydrogen (secondary N) is 3. The second-order valence-corrected chi connectivity index (χ2v) is 21.6. The lowest BCUT2D eigenvalue weighted by Gasteiger charge is -2.41. The number of thiazole rings is 1. The van der Waals surface area contributed by atoms with Gasteiger partial charge in [-0.2, -0.15) is 5.26 Å². The molecular weight excluding hydrogens is 942 g/mol. The zero-order valence-electron chi connectivity index (χ0n) is 42.4. The molecule has 71 heavy (non-hydrogen) atoms. The van der Waals surface area contributed by atoms with E-state index in [1.165, 1.54) is 4.90 Å². The minimum absolute atomic E-state index is 0.0313. The van der Waals surface area contributed by atoms with Gasteiger partial charge in [0.1, 0.15) is 42.4 Å². The van der Waals surface area contributed by atoms with Gasteiger partial charge in [-0.25, -0.2) is 9.97 Å². The number of anilines is 1. The molecule has 2 aromatic carbocycles. The molecule has 0 bridgehead atoms. The molecule has 3 amide bonds. The lowest BCUT2D eigenvalue weighted by atomic mass is 9.80. The highest BCUT2D eigenvalue weighted by atomic mass is 35.5. The van der Waals surface area contributed by atoms with Crippen molar-refractivity contribution in [3.63, 3.8) is 0 Å². The molecule has 382 valence electrons. The molecule has 2 fully saturated rings. The maximum absolute atomic E-state index is 14.2. The van der Waals surface area contributed by atoms with E-state index in [0.717, 1.165) is 38.8 Å². The van der Waals surface area contributed by atoms with Gasteiger partial charge in [0, 0.05) is 74.1 Å². The largest absolute Gasteiger partial charge is 0.490 e. The third-order valence-electron chi connectivity index (χ3n) is 14.0. The fourth-order valence-electron chi connectivity index (χ4n) is 8.78. The van der Waals surface area contributed by atoms with Gasteiger partial charge in [0.15, 0.2) is 0 Å². The number of amides is 3. The van der Waals surface area contributed by atoms with E-state index in [2.05, 4.69) is 64.2 Å². The molecule has 2 saturated heterocycles. The molecule has 0 radical (unpaired) electrons. The summed E-state index contributed by atoms with van der Waals surface area (Å²) < 4.78 is 12.1. The lowest BCUT2D eigenvalue weighted by Crippen LogP contribution is -2.58. The Hall–Kier alpha value is -5.61. The van der Waals surface area contributed by atoms with Gasteiger partial charge in [0.2, 0.25) is 17.7 Å². The molecule has 0 aliphatic carbocycles. The quantitative estimate of drug-likeness (QED) is 0.0613. The van der Waals surface area contributed by atoms with Gasteiger partial charge in [-0.3, -0.25) is 19.3 Å². The Balaban J connectivity index is 0.947. The number of ether oxygens (including phenoxy) is 2. The van der Waals surface area contributed by atoms with E-state index in [1.54, 1.807) is 35.7 Å². The second kappa shape index (κ2) is 23.7. The molecule has 4 heterocycles. The van der Waals surface area contributed by atoms with Crippen LogP contribution in [0, 0.1) is 29.1 Å². The second-order valence-electron chi connectivity index (χ2n) is 20.3. The van der Waals surface area contributed by atoms with Crippen LogP contribution in [-0.4, -0.2) is 137 Å². The van der Waals surface area contributed by atoms with Crippen molar-refractivity contribution in [3.05, 3.63) is 100 Å². The average Bonchev–Trinajstić information content (AvgIpc) is 3.96. The van der Waals surface area contributed by atoms with Crippen molar-refractivity contribution in [2.75, 3.05) is 57.4 Å². The fraction of sp³-hybridized carbons (Fsp3) is 0.509. The van der Waals surface area contributed by atoms with Gasteiger partial charge in [-0.15, -0.1) is 11.3 Å². The molecule has 1 unspecified atom stereocenters. The average molecular weight is 1010 g/mol. The summed E-state index contributed by atoms with van der Waals surface area (Å²) in [5.41, 5.74) is 5.60. The van der Waals surface area contributed by atoms with Gasteiger partial charge in [0.05, 0.1) is 58.1 Å². The van der Waals surface area contributed by atoms with Gasteiger partial charge >= 0.3 is 0 Å². The number of nitrogens with zero attached hydrogens (tertiary/aromatic N) is 6. The molecule has 2 aromatic heterocycles. The van der Waals surface area contributed by atoms with E-state index in [0.29, 0.717) is 42.5 Å². The van der Waals surface area contributed by atoms with Crippen LogP contribution >= 0.6 is 22.9 Å². The third kappa shape index (κ3) is 13.7. The number of aliphatic hydroxyl groups excluding tert-OH is 2. The van der Waals surface area contributed by atoms with Gasteiger partial charge in [-0.1, -0.05) is 77.1 Å². The van der Waals surface area contributed by atoms with Crippen LogP contribution in [0.1, 0.15) is 90.2 Å². The lowest BCUT2D eigenvalue weighted by molar-refractivity contribution is -0.144. The van der Waals surface area contributed by atoms with E-state index in [4.69, 9.17) is 26.1 Å². The summed E-state index contributed by atoms with van der Waals surface area (Å²) in [5.74, 6) is 0.0594. The summed E-state index contributed by atoms with van der Waals surface area (Å²) in [7, 11) is 0. The molecule has 2 aliphatic heterocycles. The zero-order valence-corrected chi connectivity index (χ0v) is 43.9. The zero-order chi connectivity index (χ0) is 51.8. The van der Waals surface area contributed by atoms with Crippen molar-refractivity contribution in [3.8, 4) is 22.3 Å². The standard InChI is InChI=1S/C53H70ClN9O7S/c1-32(37-11-13-38(14-12-37)48-34(3)57-31-71-48)59-50(67)45-23-42(65)28-63(45)51(68)49(52(6,7)8)60-47(66)30-69-22-21-61-19-20-62(27-41(61)29-64)46-18-16-40(26-56-46)33(2)58-35(4)53(9,10)36(5)70-43-17-15-39(25-55)44(54)24-43/h11-18,24,26,31-32,35-36,41-42,45,49,58,64-65H,2,19-23,27-30H2,1,3-10H3,(H,59,67)(H,60,66)/t32-,35-,36-,41-,42+,45?,49+/m0/s1. The predicted octanol–water partition coefficient (Wildman–Crippen LogP) is 6.35. The monoisotopic (exact) mass is 1010 g/mol. The van der Waals surface area contributed by atoms with Gasteiger partial charge < -0.3 is 45.4 Å². The first kappa shape index (κ1) is 54.7. The highest BCUT2D eigenvalue weighted by molar-refractivity contribution is 7.13. The minimum atomic E-state index is -0.990. The number of likely N-dealkylation sites (tertiary alicyclic amines) is 1. The van der Waals surface area contributed by atoms with Crippen LogP contribution in [-0.2, 0) is 19.1 Å². The summed E-state index contributed by atoms with van der Waals surface area (Å²) in [5, 5.41) is 40.1. The van der Waals surface area contributed by atoms with Crippen LogP contribution < -0.4 is 25.6 Å². The summed E-state index contributed by atoms with van der Waals surface area (Å²) >= 11 is 7.81. The number of aromatic nitrogens is 2. The number of aryl methyl sites for hydroxylation is 1. The van der Waals surface area contributed by atoms with Crippen LogP contribution in [0.25, 0.3) is 16.1 Å². The number of aliphatic hydroxyl groups is 2. The van der Waals surface area contributed by atoms with E-state index in [1.807, 2.05) is 83.5 Å². The molecule has 0 saturated carbocycles.